The van der Waals surface area contributed by atoms with Crippen molar-refractivity contribution in [1.29, 1.82) is 0 Å². The number of ether oxygens (including phenoxy) is 1. The van der Waals surface area contributed by atoms with E-state index in [2.05, 4.69) is 10.6 Å². The molecule has 0 aromatic heterocycles. The number of hydrogen-bond donors (Lipinski definition) is 2. The summed E-state index contributed by atoms with van der Waals surface area (Å²) in [7, 11) is 0. The maximum absolute atomic E-state index is 12.3. The monoisotopic (exact) mass is 290 g/mol. The predicted octanol–water partition coefficient (Wildman–Crippen LogP) is 1.58. The highest BCUT2D eigenvalue weighted by atomic mass is 16.5. The molecule has 2 amide bonds. The number of hydrogen-bond acceptors (Lipinski definition) is 3. The zero-order valence-electron chi connectivity index (χ0n) is 12.7. The van der Waals surface area contributed by atoms with Gasteiger partial charge in [-0.1, -0.05) is 25.1 Å². The van der Waals surface area contributed by atoms with E-state index in [4.69, 9.17) is 4.74 Å². The van der Waals surface area contributed by atoms with E-state index in [-0.39, 0.29) is 23.8 Å². The van der Waals surface area contributed by atoms with Crippen molar-refractivity contribution in [2.45, 2.75) is 45.2 Å². The molecule has 0 fully saturated rings. The summed E-state index contributed by atoms with van der Waals surface area (Å²) in [6.45, 7) is 5.96. The Kier molecular flexibility index (Phi) is 4.83. The molecule has 5 nitrogen and oxygen atoms in total. The van der Waals surface area contributed by atoms with Crippen molar-refractivity contribution >= 4 is 11.8 Å². The molecule has 0 spiro atoms. The van der Waals surface area contributed by atoms with Gasteiger partial charge >= 0.3 is 0 Å². The van der Waals surface area contributed by atoms with Crippen molar-refractivity contribution < 1.29 is 14.3 Å². The van der Waals surface area contributed by atoms with Gasteiger partial charge in [0.2, 0.25) is 11.8 Å². The van der Waals surface area contributed by atoms with Crippen LogP contribution in [0.25, 0.3) is 0 Å². The van der Waals surface area contributed by atoms with Gasteiger partial charge in [0.05, 0.1) is 0 Å². The summed E-state index contributed by atoms with van der Waals surface area (Å²) in [5.74, 6) is 0.0612. The molecule has 2 N–H and O–H groups in total. The molecule has 114 valence electrons. The highest BCUT2D eigenvalue weighted by Crippen LogP contribution is 2.33. The first-order valence-electron chi connectivity index (χ1n) is 7.35. The van der Waals surface area contributed by atoms with Crippen LogP contribution in [0.15, 0.2) is 24.3 Å². The van der Waals surface area contributed by atoms with Crippen LogP contribution in [0.1, 0.15) is 38.7 Å². The lowest BCUT2D eigenvalue weighted by atomic mass is 10.0. The normalized spacial score (nSPS) is 19.1. The first-order chi connectivity index (χ1) is 10.0. The SMILES string of the molecule is CCC(C)NC(=O)C(C)NC(=O)C1COc2ccccc21. The Morgan fingerprint density at radius 1 is 1.29 bits per heavy atom. The standard InChI is InChI=1S/C16H22N2O3/c1-4-10(2)17-15(19)11(3)18-16(20)13-9-21-14-8-6-5-7-12(13)14/h5-8,10-11,13H,4,9H2,1-3H3,(H,17,19)(H,18,20). The molecule has 0 saturated heterocycles. The third-order valence-electron chi connectivity index (χ3n) is 3.77. The van der Waals surface area contributed by atoms with Crippen LogP contribution in [0.2, 0.25) is 0 Å². The molecule has 1 heterocycles. The first kappa shape index (κ1) is 15.4. The van der Waals surface area contributed by atoms with E-state index in [1.165, 1.54) is 0 Å². The number of fused-ring (bicyclic) bond motifs is 1. The number of benzene rings is 1. The van der Waals surface area contributed by atoms with Crippen LogP contribution in [0.3, 0.4) is 0 Å². The molecule has 0 bridgehead atoms. The Hall–Kier alpha value is -2.04. The topological polar surface area (TPSA) is 67.4 Å². The first-order valence-corrected chi connectivity index (χ1v) is 7.35. The van der Waals surface area contributed by atoms with Gasteiger partial charge in [0.1, 0.15) is 24.3 Å². The Bertz CT molecular complexity index is 530. The maximum Gasteiger partial charge on any atom is 0.242 e. The lowest BCUT2D eigenvalue weighted by Crippen LogP contribution is -2.48. The summed E-state index contributed by atoms with van der Waals surface area (Å²) in [4.78, 5) is 24.3. The number of rotatable bonds is 5. The number of amides is 2. The minimum absolute atomic E-state index is 0.104. The van der Waals surface area contributed by atoms with Gasteiger partial charge in [-0.3, -0.25) is 9.59 Å². The average Bonchev–Trinajstić information content (AvgIpc) is 2.90. The van der Waals surface area contributed by atoms with E-state index in [0.29, 0.717) is 6.61 Å². The second-order valence-electron chi connectivity index (χ2n) is 5.45. The zero-order valence-corrected chi connectivity index (χ0v) is 12.7. The molecule has 3 atom stereocenters. The summed E-state index contributed by atoms with van der Waals surface area (Å²) in [5, 5.41) is 5.62. The van der Waals surface area contributed by atoms with Crippen molar-refractivity contribution in [2.75, 3.05) is 6.61 Å². The van der Waals surface area contributed by atoms with E-state index >= 15 is 0 Å². The van der Waals surface area contributed by atoms with Crippen LogP contribution in [0.4, 0.5) is 0 Å². The van der Waals surface area contributed by atoms with E-state index in [1.807, 2.05) is 38.1 Å². The van der Waals surface area contributed by atoms with Gasteiger partial charge in [-0.2, -0.15) is 0 Å². The van der Waals surface area contributed by atoms with Gasteiger partial charge in [-0.15, -0.1) is 0 Å². The number of carbonyl (C=O) groups is 2. The zero-order chi connectivity index (χ0) is 15.4. The van der Waals surface area contributed by atoms with E-state index < -0.39 is 6.04 Å². The van der Waals surface area contributed by atoms with Crippen LogP contribution in [0, 0.1) is 0 Å². The Balaban J connectivity index is 1.95. The third-order valence-corrected chi connectivity index (χ3v) is 3.77. The van der Waals surface area contributed by atoms with Crippen LogP contribution in [0.5, 0.6) is 5.75 Å². The molecule has 1 aromatic rings. The Morgan fingerprint density at radius 2 is 2.00 bits per heavy atom. The molecular formula is C16H22N2O3. The molecule has 0 aliphatic carbocycles. The smallest absolute Gasteiger partial charge is 0.242 e. The lowest BCUT2D eigenvalue weighted by molar-refractivity contribution is -0.129. The minimum atomic E-state index is -0.556. The highest BCUT2D eigenvalue weighted by Gasteiger charge is 2.31. The van der Waals surface area contributed by atoms with Crippen molar-refractivity contribution in [1.82, 2.24) is 10.6 Å². The highest BCUT2D eigenvalue weighted by molar-refractivity contribution is 5.91. The van der Waals surface area contributed by atoms with Crippen molar-refractivity contribution in [3.63, 3.8) is 0 Å². The number of nitrogens with one attached hydrogen (secondary N) is 2. The number of carbonyl (C=O) groups excluding carboxylic acids is 2. The largest absolute Gasteiger partial charge is 0.492 e. The molecule has 5 heteroatoms. The molecular weight excluding hydrogens is 268 g/mol. The summed E-state index contributed by atoms with van der Waals surface area (Å²) in [6.07, 6.45) is 0.857. The Labute approximate surface area is 125 Å². The van der Waals surface area contributed by atoms with Gasteiger partial charge in [-0.25, -0.2) is 0 Å². The summed E-state index contributed by atoms with van der Waals surface area (Å²) < 4.78 is 5.49. The Morgan fingerprint density at radius 3 is 2.71 bits per heavy atom. The minimum Gasteiger partial charge on any atom is -0.492 e. The lowest BCUT2D eigenvalue weighted by Gasteiger charge is -2.19. The molecule has 0 radical (unpaired) electrons. The quantitative estimate of drug-likeness (QED) is 0.865. The average molecular weight is 290 g/mol. The molecule has 1 aliphatic rings. The van der Waals surface area contributed by atoms with Crippen molar-refractivity contribution in [3.8, 4) is 5.75 Å². The second kappa shape index (κ2) is 6.61. The summed E-state index contributed by atoms with van der Waals surface area (Å²) in [6, 6.07) is 7.04. The van der Waals surface area contributed by atoms with Gasteiger partial charge < -0.3 is 15.4 Å². The predicted molar refractivity (Wildman–Crippen MR) is 80.2 cm³/mol. The van der Waals surface area contributed by atoms with Crippen molar-refractivity contribution in [3.05, 3.63) is 29.8 Å². The molecule has 2 rings (SSSR count). The van der Waals surface area contributed by atoms with Crippen LogP contribution in [-0.2, 0) is 9.59 Å². The van der Waals surface area contributed by atoms with E-state index in [1.54, 1.807) is 6.92 Å². The maximum atomic E-state index is 12.3. The molecule has 1 aromatic carbocycles. The fraction of sp³-hybridized carbons (Fsp3) is 0.500. The van der Waals surface area contributed by atoms with Gasteiger partial charge in [-0.05, 0) is 26.3 Å². The van der Waals surface area contributed by atoms with E-state index in [0.717, 1.165) is 17.7 Å². The molecule has 0 saturated carbocycles. The third kappa shape index (κ3) is 3.54. The van der Waals surface area contributed by atoms with Crippen LogP contribution >= 0.6 is 0 Å². The van der Waals surface area contributed by atoms with Gasteiger partial charge in [0.25, 0.3) is 0 Å². The fourth-order valence-electron chi connectivity index (χ4n) is 2.23. The summed E-state index contributed by atoms with van der Waals surface area (Å²) >= 11 is 0. The fourth-order valence-corrected chi connectivity index (χ4v) is 2.23. The summed E-state index contributed by atoms with van der Waals surface area (Å²) in [5.41, 5.74) is 0.879. The second-order valence-corrected chi connectivity index (χ2v) is 5.45. The van der Waals surface area contributed by atoms with Gasteiger partial charge in [0.15, 0.2) is 0 Å². The van der Waals surface area contributed by atoms with Crippen LogP contribution in [-0.4, -0.2) is 30.5 Å². The number of para-hydroxylation sites is 1. The van der Waals surface area contributed by atoms with Crippen LogP contribution < -0.4 is 15.4 Å². The molecule has 21 heavy (non-hydrogen) atoms. The van der Waals surface area contributed by atoms with E-state index in [9.17, 15) is 9.59 Å². The molecule has 3 unspecified atom stereocenters. The van der Waals surface area contributed by atoms with Gasteiger partial charge in [0, 0.05) is 11.6 Å². The molecule has 1 aliphatic heterocycles. The van der Waals surface area contributed by atoms with Crippen molar-refractivity contribution in [2.24, 2.45) is 0 Å².